The minimum atomic E-state index is -0.582. The standard InChI is InChI=1S/C8H6BrN3O2/c9-3-1-2-6-4-7(12(13)14)8(10)11-5-6/h4-5H,3H2,(H2,10,11). The van der Waals surface area contributed by atoms with Crippen molar-refractivity contribution in [1.82, 2.24) is 4.98 Å². The molecule has 0 amide bonds. The lowest BCUT2D eigenvalue weighted by Crippen LogP contribution is -1.98. The quantitative estimate of drug-likeness (QED) is 0.355. The first-order chi connectivity index (χ1) is 6.65. The molecule has 1 aromatic heterocycles. The molecule has 2 N–H and O–H groups in total. The Balaban J connectivity index is 3.13. The fraction of sp³-hybridized carbons (Fsp3) is 0.125. The average molecular weight is 256 g/mol. The van der Waals surface area contributed by atoms with Crippen LogP contribution < -0.4 is 5.73 Å². The van der Waals surface area contributed by atoms with Crippen LogP contribution in [0.25, 0.3) is 0 Å². The number of aromatic nitrogens is 1. The van der Waals surface area contributed by atoms with E-state index in [1.165, 1.54) is 12.3 Å². The lowest BCUT2D eigenvalue weighted by Gasteiger charge is -1.95. The summed E-state index contributed by atoms with van der Waals surface area (Å²) in [6, 6.07) is 1.30. The maximum Gasteiger partial charge on any atom is 0.312 e. The Morgan fingerprint density at radius 3 is 3.00 bits per heavy atom. The topological polar surface area (TPSA) is 82.0 Å². The SMILES string of the molecule is Nc1ncc(C#CCBr)cc1[N+](=O)[O-]. The second-order valence-corrected chi connectivity index (χ2v) is 2.88. The summed E-state index contributed by atoms with van der Waals surface area (Å²) in [5.41, 5.74) is 5.57. The van der Waals surface area contributed by atoms with Gasteiger partial charge < -0.3 is 5.73 Å². The van der Waals surface area contributed by atoms with Gasteiger partial charge in [-0.25, -0.2) is 4.98 Å². The van der Waals surface area contributed by atoms with Gasteiger partial charge in [-0.05, 0) is 0 Å². The highest BCUT2D eigenvalue weighted by atomic mass is 79.9. The number of halogens is 1. The predicted molar refractivity (Wildman–Crippen MR) is 56.0 cm³/mol. The van der Waals surface area contributed by atoms with E-state index in [-0.39, 0.29) is 11.5 Å². The van der Waals surface area contributed by atoms with E-state index in [2.05, 4.69) is 32.8 Å². The summed E-state index contributed by atoms with van der Waals surface area (Å²) >= 11 is 3.12. The summed E-state index contributed by atoms with van der Waals surface area (Å²) in [6.45, 7) is 0. The monoisotopic (exact) mass is 255 g/mol. The molecule has 0 atom stereocenters. The van der Waals surface area contributed by atoms with E-state index in [1.54, 1.807) is 0 Å². The van der Waals surface area contributed by atoms with Gasteiger partial charge in [-0.2, -0.15) is 0 Å². The van der Waals surface area contributed by atoms with Gasteiger partial charge in [0.1, 0.15) is 0 Å². The molecule has 0 aromatic carbocycles. The maximum absolute atomic E-state index is 10.5. The Hall–Kier alpha value is -1.61. The highest BCUT2D eigenvalue weighted by molar-refractivity contribution is 9.09. The number of alkyl halides is 1. The van der Waals surface area contributed by atoms with Gasteiger partial charge in [0.25, 0.3) is 0 Å². The van der Waals surface area contributed by atoms with Gasteiger partial charge >= 0.3 is 5.69 Å². The third-order valence-corrected chi connectivity index (χ3v) is 1.67. The van der Waals surface area contributed by atoms with Gasteiger partial charge in [0.15, 0.2) is 0 Å². The summed E-state index contributed by atoms with van der Waals surface area (Å²) in [6.07, 6.45) is 1.40. The minimum absolute atomic E-state index is 0.0978. The van der Waals surface area contributed by atoms with Crippen molar-refractivity contribution in [3.05, 3.63) is 27.9 Å². The van der Waals surface area contributed by atoms with Gasteiger partial charge in [-0.15, -0.1) is 0 Å². The van der Waals surface area contributed by atoms with E-state index in [0.29, 0.717) is 10.9 Å². The van der Waals surface area contributed by atoms with E-state index < -0.39 is 4.92 Å². The molecule has 0 aliphatic rings. The van der Waals surface area contributed by atoms with Crippen molar-refractivity contribution in [2.45, 2.75) is 0 Å². The third-order valence-electron chi connectivity index (χ3n) is 1.39. The van der Waals surface area contributed by atoms with Crippen LogP contribution in [0.15, 0.2) is 12.3 Å². The average Bonchev–Trinajstić information content (AvgIpc) is 2.16. The zero-order chi connectivity index (χ0) is 10.6. The number of pyridine rings is 1. The number of anilines is 1. The van der Waals surface area contributed by atoms with Crippen LogP contribution in [-0.2, 0) is 0 Å². The van der Waals surface area contributed by atoms with Crippen molar-refractivity contribution >= 4 is 27.4 Å². The first-order valence-corrected chi connectivity index (χ1v) is 4.72. The third kappa shape index (κ3) is 2.44. The molecule has 0 aliphatic heterocycles. The van der Waals surface area contributed by atoms with Crippen molar-refractivity contribution in [2.75, 3.05) is 11.1 Å². The molecule has 72 valence electrons. The maximum atomic E-state index is 10.5. The molecule has 0 fully saturated rings. The van der Waals surface area contributed by atoms with Crippen LogP contribution in [0.1, 0.15) is 5.56 Å². The lowest BCUT2D eigenvalue weighted by molar-refractivity contribution is -0.384. The smallest absolute Gasteiger partial charge is 0.312 e. The van der Waals surface area contributed by atoms with Crippen LogP contribution in [0.3, 0.4) is 0 Å². The number of rotatable bonds is 1. The van der Waals surface area contributed by atoms with Crippen LogP contribution in [-0.4, -0.2) is 15.2 Å². The second kappa shape index (κ2) is 4.58. The predicted octanol–water partition coefficient (Wildman–Crippen LogP) is 1.32. The van der Waals surface area contributed by atoms with Crippen LogP contribution >= 0.6 is 15.9 Å². The summed E-state index contributed by atoms with van der Waals surface area (Å²) in [5, 5.41) is 11.0. The van der Waals surface area contributed by atoms with Gasteiger partial charge in [-0.3, -0.25) is 10.1 Å². The number of nitro groups is 1. The van der Waals surface area contributed by atoms with Crippen molar-refractivity contribution in [3.63, 3.8) is 0 Å². The Morgan fingerprint density at radius 2 is 2.43 bits per heavy atom. The minimum Gasteiger partial charge on any atom is -0.378 e. The summed E-state index contributed by atoms with van der Waals surface area (Å²) < 4.78 is 0. The summed E-state index contributed by atoms with van der Waals surface area (Å²) in [4.78, 5) is 13.6. The number of nitrogens with two attached hydrogens (primary N) is 1. The molecule has 0 radical (unpaired) electrons. The van der Waals surface area contributed by atoms with E-state index >= 15 is 0 Å². The fourth-order valence-corrected chi connectivity index (χ4v) is 0.954. The normalized spacial score (nSPS) is 8.93. The first-order valence-electron chi connectivity index (χ1n) is 3.60. The summed E-state index contributed by atoms with van der Waals surface area (Å²) in [5.74, 6) is 5.31. The lowest BCUT2D eigenvalue weighted by atomic mass is 10.2. The zero-order valence-corrected chi connectivity index (χ0v) is 8.61. The number of hydrogen-bond donors (Lipinski definition) is 1. The zero-order valence-electron chi connectivity index (χ0n) is 7.03. The van der Waals surface area contributed by atoms with Crippen molar-refractivity contribution in [3.8, 4) is 11.8 Å². The van der Waals surface area contributed by atoms with Gasteiger partial charge in [0, 0.05) is 17.8 Å². The fourth-order valence-electron chi connectivity index (χ4n) is 0.814. The molecule has 0 bridgehead atoms. The molecule has 5 nitrogen and oxygen atoms in total. The molecule has 0 spiro atoms. The number of nitrogens with zero attached hydrogens (tertiary/aromatic N) is 2. The molecule has 1 heterocycles. The van der Waals surface area contributed by atoms with Crippen molar-refractivity contribution in [2.24, 2.45) is 0 Å². The van der Waals surface area contributed by atoms with E-state index in [4.69, 9.17) is 5.73 Å². The van der Waals surface area contributed by atoms with Crippen molar-refractivity contribution in [1.29, 1.82) is 0 Å². The van der Waals surface area contributed by atoms with Gasteiger partial charge in [0.05, 0.1) is 10.3 Å². The molecule has 1 aromatic rings. The highest BCUT2D eigenvalue weighted by Crippen LogP contribution is 2.18. The Bertz CT molecular complexity index is 422. The second-order valence-electron chi connectivity index (χ2n) is 2.32. The molecular formula is C8H6BrN3O2. The highest BCUT2D eigenvalue weighted by Gasteiger charge is 2.12. The van der Waals surface area contributed by atoms with Crippen LogP contribution in [0.5, 0.6) is 0 Å². The first kappa shape index (κ1) is 10.5. The van der Waals surface area contributed by atoms with Gasteiger partial charge in [0.2, 0.25) is 5.82 Å². The van der Waals surface area contributed by atoms with Crippen LogP contribution in [0.2, 0.25) is 0 Å². The Labute approximate surface area is 88.6 Å². The largest absolute Gasteiger partial charge is 0.378 e. The van der Waals surface area contributed by atoms with Crippen LogP contribution in [0.4, 0.5) is 11.5 Å². The number of hydrogen-bond acceptors (Lipinski definition) is 4. The Kier molecular flexibility index (Phi) is 3.42. The molecule has 0 unspecified atom stereocenters. The molecule has 14 heavy (non-hydrogen) atoms. The van der Waals surface area contributed by atoms with E-state index in [9.17, 15) is 10.1 Å². The molecule has 6 heteroatoms. The molecule has 0 aliphatic carbocycles. The van der Waals surface area contributed by atoms with E-state index in [1.807, 2.05) is 0 Å². The van der Waals surface area contributed by atoms with Crippen molar-refractivity contribution < 1.29 is 4.92 Å². The van der Waals surface area contributed by atoms with Crippen LogP contribution in [0, 0.1) is 22.0 Å². The summed E-state index contributed by atoms with van der Waals surface area (Å²) in [7, 11) is 0. The molecular weight excluding hydrogens is 250 g/mol. The van der Waals surface area contributed by atoms with Gasteiger partial charge in [-0.1, -0.05) is 27.8 Å². The van der Waals surface area contributed by atoms with E-state index in [0.717, 1.165) is 0 Å². The molecule has 0 saturated carbocycles. The number of nitrogen functional groups attached to an aromatic ring is 1. The molecule has 1 rings (SSSR count). The Morgan fingerprint density at radius 1 is 1.71 bits per heavy atom. The molecule has 0 saturated heterocycles.